The Kier molecular flexibility index (Phi) is 4.05. The Hall–Kier alpha value is -1.21. The van der Waals surface area contributed by atoms with E-state index < -0.39 is 0 Å². The molecular formula is C12H9N4NaOS. The Bertz CT molecular complexity index is 834. The summed E-state index contributed by atoms with van der Waals surface area (Å²) in [5.74, 6) is 0.426. The zero-order valence-electron chi connectivity index (χ0n) is 10.5. The van der Waals surface area contributed by atoms with Crippen LogP contribution in [-0.2, 0) is 0 Å². The van der Waals surface area contributed by atoms with E-state index in [9.17, 15) is 4.79 Å². The third kappa shape index (κ3) is 2.44. The van der Waals surface area contributed by atoms with Gasteiger partial charge in [-0.2, -0.15) is 0 Å². The smallest absolute Gasteiger partial charge is 0.362 e. The predicted octanol–water partition coefficient (Wildman–Crippen LogP) is -1.80. The summed E-state index contributed by atoms with van der Waals surface area (Å²) in [6.07, 6.45) is 0. The van der Waals surface area contributed by atoms with Gasteiger partial charge in [0.25, 0.3) is 0 Å². The molecule has 0 saturated heterocycles. The van der Waals surface area contributed by atoms with Crippen LogP contribution >= 0.6 is 11.3 Å². The number of fused-ring (bicyclic) bond motifs is 1. The number of thiazole rings is 1. The van der Waals surface area contributed by atoms with Gasteiger partial charge in [0.1, 0.15) is 4.80 Å². The van der Waals surface area contributed by atoms with Crippen molar-refractivity contribution in [1.29, 1.82) is 5.41 Å². The first-order valence-corrected chi connectivity index (χ1v) is 6.15. The van der Waals surface area contributed by atoms with Crippen LogP contribution in [0.1, 0.15) is 5.82 Å². The van der Waals surface area contributed by atoms with Crippen LogP contribution in [-0.4, -0.2) is 9.55 Å². The summed E-state index contributed by atoms with van der Waals surface area (Å²) < 4.78 is 2.09. The Morgan fingerprint density at radius 1 is 1.32 bits per heavy atom. The molecule has 1 N–H and O–H groups in total. The van der Waals surface area contributed by atoms with Crippen LogP contribution in [0.4, 0.5) is 0 Å². The van der Waals surface area contributed by atoms with Crippen LogP contribution in [0.25, 0.3) is 16.0 Å². The van der Waals surface area contributed by atoms with E-state index in [1.807, 2.05) is 30.3 Å². The van der Waals surface area contributed by atoms with Gasteiger partial charge in [0.2, 0.25) is 5.56 Å². The molecule has 0 fully saturated rings. The third-order valence-corrected chi connectivity index (χ3v) is 3.49. The molecule has 0 bridgehead atoms. The summed E-state index contributed by atoms with van der Waals surface area (Å²) >= 11 is 1.10. The number of benzene rings is 1. The molecule has 0 unspecified atom stereocenters. The maximum Gasteiger partial charge on any atom is 1.00 e. The molecular weight excluding hydrogens is 271 g/mol. The molecule has 19 heavy (non-hydrogen) atoms. The van der Waals surface area contributed by atoms with E-state index in [0.717, 1.165) is 17.0 Å². The van der Waals surface area contributed by atoms with Crippen LogP contribution in [0.5, 0.6) is 0 Å². The summed E-state index contributed by atoms with van der Waals surface area (Å²) in [7, 11) is 0. The second kappa shape index (κ2) is 5.42. The molecule has 7 heteroatoms. The number of rotatable bonds is 1. The topological polar surface area (TPSA) is 72.8 Å². The summed E-state index contributed by atoms with van der Waals surface area (Å²) in [5, 5.41) is 7.98. The van der Waals surface area contributed by atoms with Gasteiger partial charge in [-0.25, -0.2) is 0 Å². The molecule has 90 valence electrons. The Morgan fingerprint density at radius 2 is 2.00 bits per heavy atom. The van der Waals surface area contributed by atoms with Crippen molar-refractivity contribution in [3.05, 3.63) is 51.3 Å². The SMILES string of the molecule is Cc1nc(=O)c2sc(=N)n(-c3ccccc3)c2[n-]1.[Na+]. The van der Waals surface area contributed by atoms with Crippen LogP contribution in [0.2, 0.25) is 0 Å². The fourth-order valence-corrected chi connectivity index (χ4v) is 2.66. The van der Waals surface area contributed by atoms with E-state index in [-0.39, 0.29) is 39.9 Å². The molecule has 5 nitrogen and oxygen atoms in total. The summed E-state index contributed by atoms with van der Waals surface area (Å²) in [6.45, 7) is 1.68. The minimum atomic E-state index is -0.314. The van der Waals surface area contributed by atoms with E-state index in [1.165, 1.54) is 0 Å². The van der Waals surface area contributed by atoms with Gasteiger partial charge in [0, 0.05) is 5.65 Å². The van der Waals surface area contributed by atoms with Crippen molar-refractivity contribution in [2.24, 2.45) is 0 Å². The molecule has 0 spiro atoms. The van der Waals surface area contributed by atoms with Crippen LogP contribution in [0, 0.1) is 12.3 Å². The minimum absolute atomic E-state index is 0. The molecule has 0 saturated carbocycles. The molecule has 0 amide bonds. The monoisotopic (exact) mass is 280 g/mol. The normalized spacial score (nSPS) is 10.4. The first kappa shape index (κ1) is 14.2. The molecule has 0 radical (unpaired) electrons. The van der Waals surface area contributed by atoms with Gasteiger partial charge in [-0.3, -0.25) is 10.2 Å². The van der Waals surface area contributed by atoms with Gasteiger partial charge in [0.15, 0.2) is 0 Å². The number of nitrogens with zero attached hydrogens (tertiary/aromatic N) is 3. The Balaban J connectivity index is 0.00000133. The van der Waals surface area contributed by atoms with Crippen LogP contribution in [0.3, 0.4) is 0 Å². The van der Waals surface area contributed by atoms with Crippen molar-refractivity contribution in [3.8, 4) is 5.69 Å². The number of hydrogen-bond acceptors (Lipinski definition) is 4. The predicted molar refractivity (Wildman–Crippen MR) is 69.1 cm³/mol. The molecule has 1 aromatic carbocycles. The number of nitrogens with one attached hydrogen (secondary N) is 1. The average molecular weight is 280 g/mol. The van der Waals surface area contributed by atoms with E-state index in [4.69, 9.17) is 5.41 Å². The molecule has 0 aliphatic rings. The van der Waals surface area contributed by atoms with Crippen molar-refractivity contribution < 1.29 is 29.6 Å². The molecule has 3 aromatic rings. The maximum absolute atomic E-state index is 11.8. The largest absolute Gasteiger partial charge is 1.00 e. The van der Waals surface area contributed by atoms with Crippen molar-refractivity contribution in [1.82, 2.24) is 14.5 Å². The molecule has 2 heterocycles. The minimum Gasteiger partial charge on any atom is -0.362 e. The van der Waals surface area contributed by atoms with Gasteiger partial charge in [-0.05, 0) is 18.4 Å². The number of hydrogen-bond donors (Lipinski definition) is 1. The van der Waals surface area contributed by atoms with Crippen molar-refractivity contribution >= 4 is 21.7 Å². The maximum atomic E-state index is 11.8. The second-order valence-corrected chi connectivity index (χ2v) is 4.81. The Labute approximate surface area is 134 Å². The molecule has 0 aliphatic heterocycles. The van der Waals surface area contributed by atoms with E-state index in [1.54, 1.807) is 11.5 Å². The standard InChI is InChI=1S/C12H10N4OS.Na/c1-7-14-10-9(11(17)15-7)18-12(13)16(10)8-5-3-2-4-6-8;/h2-6,13H,1H3,(H,14,15,17);/q;+1/p-1. The fraction of sp³-hybridized carbons (Fsp3) is 0.0833. The number of aromatic nitrogens is 3. The van der Waals surface area contributed by atoms with Crippen LogP contribution in [0.15, 0.2) is 35.1 Å². The quantitative estimate of drug-likeness (QED) is 0.534. The van der Waals surface area contributed by atoms with Gasteiger partial charge in [-0.1, -0.05) is 30.3 Å². The zero-order valence-corrected chi connectivity index (χ0v) is 13.4. The molecule has 3 rings (SSSR count). The first-order chi connectivity index (χ1) is 8.66. The summed E-state index contributed by atoms with van der Waals surface area (Å²) in [6, 6.07) is 9.44. The number of aryl methyl sites for hydroxylation is 1. The van der Waals surface area contributed by atoms with Crippen molar-refractivity contribution in [2.45, 2.75) is 6.92 Å². The zero-order chi connectivity index (χ0) is 12.7. The van der Waals surface area contributed by atoms with Crippen LogP contribution < -0.4 is 44.9 Å². The van der Waals surface area contributed by atoms with E-state index in [2.05, 4.69) is 9.97 Å². The van der Waals surface area contributed by atoms with Gasteiger partial charge < -0.3 is 14.5 Å². The molecule has 0 aliphatic carbocycles. The second-order valence-electron chi connectivity index (χ2n) is 3.81. The fourth-order valence-electron chi connectivity index (χ4n) is 1.82. The first-order valence-electron chi connectivity index (χ1n) is 5.34. The Morgan fingerprint density at radius 3 is 2.68 bits per heavy atom. The summed E-state index contributed by atoms with van der Waals surface area (Å²) in [4.78, 5) is 20.1. The average Bonchev–Trinajstić information content (AvgIpc) is 2.67. The van der Waals surface area contributed by atoms with Crippen molar-refractivity contribution in [2.75, 3.05) is 0 Å². The van der Waals surface area contributed by atoms with Gasteiger partial charge >= 0.3 is 29.6 Å². The number of para-hydroxylation sites is 1. The molecule has 2 aromatic heterocycles. The third-order valence-electron chi connectivity index (χ3n) is 2.56. The summed E-state index contributed by atoms with van der Waals surface area (Å²) in [5.41, 5.74) is 1.02. The van der Waals surface area contributed by atoms with E-state index in [0.29, 0.717) is 16.2 Å². The van der Waals surface area contributed by atoms with Crippen molar-refractivity contribution in [3.63, 3.8) is 0 Å². The molecule has 0 atom stereocenters. The van der Waals surface area contributed by atoms with Gasteiger partial charge in [-0.15, -0.1) is 11.3 Å². The van der Waals surface area contributed by atoms with Gasteiger partial charge in [0.05, 0.1) is 4.70 Å². The van der Waals surface area contributed by atoms with E-state index >= 15 is 0 Å².